The molecule has 1 aliphatic rings. The fourth-order valence-electron chi connectivity index (χ4n) is 4.37. The number of aromatic nitrogens is 2. The van der Waals surface area contributed by atoms with Crippen molar-refractivity contribution in [1.82, 2.24) is 9.97 Å². The van der Waals surface area contributed by atoms with Crippen LogP contribution < -0.4 is 19.5 Å². The molecule has 0 bridgehead atoms. The van der Waals surface area contributed by atoms with E-state index in [-0.39, 0.29) is 12.2 Å². The topological polar surface area (TPSA) is 91.8 Å². The molecular weight excluding hydrogens is 541 g/mol. The number of nitrogens with zero attached hydrogens (tertiary/aromatic N) is 2. The second kappa shape index (κ2) is 12.1. The molecule has 202 valence electrons. The van der Waals surface area contributed by atoms with Crippen LogP contribution in [0.2, 0.25) is 10.0 Å². The fourth-order valence-corrected chi connectivity index (χ4v) is 4.74. The van der Waals surface area contributed by atoms with Crippen molar-refractivity contribution >= 4 is 51.4 Å². The van der Waals surface area contributed by atoms with Gasteiger partial charge < -0.3 is 24.3 Å². The fraction of sp³-hybridized carbons (Fsp3) is 0.276. The van der Waals surface area contributed by atoms with Gasteiger partial charge in [-0.1, -0.05) is 41.4 Å². The molecule has 8 nitrogen and oxygen atoms in total. The van der Waals surface area contributed by atoms with Crippen molar-refractivity contribution in [3.63, 3.8) is 0 Å². The Bertz CT molecular complexity index is 1530. The van der Waals surface area contributed by atoms with Crippen LogP contribution in [0.3, 0.4) is 0 Å². The van der Waals surface area contributed by atoms with E-state index in [1.807, 2.05) is 37.3 Å². The van der Waals surface area contributed by atoms with Crippen molar-refractivity contribution in [3.05, 3.63) is 75.5 Å². The van der Waals surface area contributed by atoms with Crippen molar-refractivity contribution in [2.24, 2.45) is 0 Å². The van der Waals surface area contributed by atoms with Crippen molar-refractivity contribution in [3.8, 4) is 17.2 Å². The summed E-state index contributed by atoms with van der Waals surface area (Å²) < 4.78 is 22.8. The maximum Gasteiger partial charge on any atom is 0.204 e. The molecule has 0 amide bonds. The molecule has 5 rings (SSSR count). The number of carbonyl (C=O) groups is 1. The summed E-state index contributed by atoms with van der Waals surface area (Å²) in [5.74, 6) is 2.15. The summed E-state index contributed by atoms with van der Waals surface area (Å²) in [4.78, 5) is 21.6. The summed E-state index contributed by atoms with van der Waals surface area (Å²) in [6.45, 7) is 3.52. The van der Waals surface area contributed by atoms with Crippen LogP contribution in [-0.2, 0) is 22.4 Å². The number of fused-ring (bicyclic) bond motifs is 3. The van der Waals surface area contributed by atoms with Crippen LogP contribution in [-0.4, -0.2) is 49.3 Å². The van der Waals surface area contributed by atoms with Gasteiger partial charge in [0.2, 0.25) is 5.75 Å². The first kappa shape index (κ1) is 27.0. The van der Waals surface area contributed by atoms with Gasteiger partial charge in [-0.15, -0.1) is 0 Å². The summed E-state index contributed by atoms with van der Waals surface area (Å²) >= 11 is 12.7. The lowest BCUT2D eigenvalue weighted by Crippen LogP contribution is -2.17. The number of aryl methyl sites for hydroxylation is 1. The number of benzene rings is 3. The number of Topliss-reactive ketones (excluding diaryl/α,β-unsaturated/α-hetero) is 1. The van der Waals surface area contributed by atoms with E-state index >= 15 is 0 Å². The number of hydrogen-bond acceptors (Lipinski definition) is 8. The first-order valence-electron chi connectivity index (χ1n) is 12.4. The molecule has 0 atom stereocenters. The first-order valence-corrected chi connectivity index (χ1v) is 13.2. The van der Waals surface area contributed by atoms with Gasteiger partial charge in [0.05, 0.1) is 17.5 Å². The second-order valence-electron chi connectivity index (χ2n) is 9.09. The lowest BCUT2D eigenvalue weighted by atomic mass is 10.0. The molecule has 1 aromatic heterocycles. The summed E-state index contributed by atoms with van der Waals surface area (Å²) in [6, 6.07) is 12.9. The van der Waals surface area contributed by atoms with E-state index in [1.54, 1.807) is 19.2 Å². The predicted octanol–water partition coefficient (Wildman–Crippen LogP) is 6.14. The summed E-state index contributed by atoms with van der Waals surface area (Å²) in [5, 5.41) is 5.14. The van der Waals surface area contributed by atoms with Crippen LogP contribution in [0, 0.1) is 6.92 Å². The van der Waals surface area contributed by atoms with Crippen LogP contribution in [0.1, 0.15) is 16.7 Å². The van der Waals surface area contributed by atoms with Gasteiger partial charge in [0.1, 0.15) is 37.7 Å². The van der Waals surface area contributed by atoms with Gasteiger partial charge >= 0.3 is 0 Å². The Balaban J connectivity index is 1.36. The minimum absolute atomic E-state index is 0.0634. The molecule has 0 unspecified atom stereocenters. The average molecular weight is 568 g/mol. The van der Waals surface area contributed by atoms with Crippen LogP contribution >= 0.6 is 23.2 Å². The number of ether oxygens (including phenoxy) is 4. The number of methoxy groups -OCH3 is 1. The van der Waals surface area contributed by atoms with Crippen LogP contribution in [0.4, 0.5) is 11.5 Å². The SMILES string of the molecule is COCCOc1cc2ncnc(Nc3ccc(CC(=O)Cc4ccc(Cl)c(C)c4)c(Cl)c3)c2c2c1OCCO2. The molecule has 3 aromatic carbocycles. The van der Waals surface area contributed by atoms with E-state index < -0.39 is 0 Å². The number of hydrogen-bond donors (Lipinski definition) is 1. The quantitative estimate of drug-likeness (QED) is 0.228. The molecule has 0 fully saturated rings. The molecule has 0 saturated heterocycles. The molecule has 1 aliphatic heterocycles. The number of anilines is 2. The van der Waals surface area contributed by atoms with Gasteiger partial charge in [0, 0.05) is 41.8 Å². The average Bonchev–Trinajstić information content (AvgIpc) is 2.92. The molecule has 0 radical (unpaired) electrons. The molecule has 2 heterocycles. The monoisotopic (exact) mass is 567 g/mol. The van der Waals surface area contributed by atoms with Gasteiger partial charge in [-0.2, -0.15) is 0 Å². The third-order valence-corrected chi connectivity index (χ3v) is 7.03. The van der Waals surface area contributed by atoms with Gasteiger partial charge in [-0.3, -0.25) is 4.79 Å². The Hall–Kier alpha value is -3.59. The molecular formula is C29H27Cl2N3O5. The van der Waals surface area contributed by atoms with Gasteiger partial charge in [-0.25, -0.2) is 9.97 Å². The van der Waals surface area contributed by atoms with Crippen molar-refractivity contribution < 1.29 is 23.7 Å². The number of ketones is 1. The second-order valence-corrected chi connectivity index (χ2v) is 9.91. The first-order chi connectivity index (χ1) is 18.9. The molecule has 0 spiro atoms. The molecule has 1 N–H and O–H groups in total. The Morgan fingerprint density at radius 3 is 2.56 bits per heavy atom. The molecule has 0 aliphatic carbocycles. The Morgan fingerprint density at radius 2 is 1.79 bits per heavy atom. The van der Waals surface area contributed by atoms with E-state index in [0.29, 0.717) is 82.6 Å². The van der Waals surface area contributed by atoms with Crippen LogP contribution in [0.15, 0.2) is 48.8 Å². The highest BCUT2D eigenvalue weighted by atomic mass is 35.5. The van der Waals surface area contributed by atoms with E-state index in [1.165, 1.54) is 6.33 Å². The Labute approximate surface area is 236 Å². The highest BCUT2D eigenvalue weighted by Gasteiger charge is 2.24. The van der Waals surface area contributed by atoms with E-state index in [0.717, 1.165) is 16.7 Å². The largest absolute Gasteiger partial charge is 0.487 e. The summed E-state index contributed by atoms with van der Waals surface area (Å²) in [6.07, 6.45) is 2.00. The number of carbonyl (C=O) groups excluding carboxylic acids is 1. The summed E-state index contributed by atoms with van der Waals surface area (Å²) in [5.41, 5.74) is 3.96. The lowest BCUT2D eigenvalue weighted by molar-refractivity contribution is -0.117. The zero-order valence-corrected chi connectivity index (χ0v) is 23.1. The van der Waals surface area contributed by atoms with E-state index in [9.17, 15) is 4.79 Å². The van der Waals surface area contributed by atoms with Crippen molar-refractivity contribution in [2.45, 2.75) is 19.8 Å². The maximum absolute atomic E-state index is 12.7. The number of rotatable bonds is 10. The van der Waals surface area contributed by atoms with Crippen molar-refractivity contribution in [1.29, 1.82) is 0 Å². The van der Waals surface area contributed by atoms with Gasteiger partial charge in [-0.05, 0) is 41.8 Å². The normalized spacial score (nSPS) is 12.4. The smallest absolute Gasteiger partial charge is 0.204 e. The predicted molar refractivity (Wildman–Crippen MR) is 151 cm³/mol. The zero-order valence-electron chi connectivity index (χ0n) is 21.6. The third kappa shape index (κ3) is 6.19. The maximum atomic E-state index is 12.7. The Kier molecular flexibility index (Phi) is 8.35. The summed E-state index contributed by atoms with van der Waals surface area (Å²) in [7, 11) is 1.61. The standard InChI is InChI=1S/C29H27Cl2N3O5/c1-17-11-18(3-6-22(17)30)12-21(35)13-19-4-5-20(14-23(19)31)34-29-26-24(32-16-33-29)15-25(37-8-7-36-2)27-28(26)39-10-9-38-27/h3-6,11,14-16H,7-10,12-13H2,1-2H3,(H,32,33,34). The van der Waals surface area contributed by atoms with E-state index in [2.05, 4.69) is 15.3 Å². The van der Waals surface area contributed by atoms with Gasteiger partial charge in [0.25, 0.3) is 0 Å². The van der Waals surface area contributed by atoms with Crippen LogP contribution in [0.25, 0.3) is 10.9 Å². The third-order valence-electron chi connectivity index (χ3n) is 6.25. The minimum atomic E-state index is 0.0634. The van der Waals surface area contributed by atoms with Crippen molar-refractivity contribution in [2.75, 3.05) is 38.9 Å². The molecule has 4 aromatic rings. The zero-order chi connectivity index (χ0) is 27.4. The number of halogens is 2. The highest BCUT2D eigenvalue weighted by molar-refractivity contribution is 6.32. The lowest BCUT2D eigenvalue weighted by Gasteiger charge is -2.23. The minimum Gasteiger partial charge on any atom is -0.487 e. The van der Waals surface area contributed by atoms with Crippen LogP contribution in [0.5, 0.6) is 17.2 Å². The van der Waals surface area contributed by atoms with Gasteiger partial charge in [0.15, 0.2) is 11.5 Å². The van der Waals surface area contributed by atoms with E-state index in [4.69, 9.17) is 42.1 Å². The molecule has 10 heteroatoms. The Morgan fingerprint density at radius 1 is 0.974 bits per heavy atom. The highest BCUT2D eigenvalue weighted by Crippen LogP contribution is 2.47. The molecule has 0 saturated carbocycles. The number of nitrogens with one attached hydrogen (secondary N) is 1. The molecule has 39 heavy (non-hydrogen) atoms.